The number of nitrogens with two attached hydrogens (primary N) is 1. The summed E-state index contributed by atoms with van der Waals surface area (Å²) in [4.78, 5) is 41.7. The van der Waals surface area contributed by atoms with Crippen molar-refractivity contribution in [3.63, 3.8) is 0 Å². The first kappa shape index (κ1) is 22.2. The lowest BCUT2D eigenvalue weighted by Gasteiger charge is -2.20. The summed E-state index contributed by atoms with van der Waals surface area (Å²) in [6.07, 6.45) is 2.61. The van der Waals surface area contributed by atoms with Crippen molar-refractivity contribution in [3.05, 3.63) is 53.9 Å². The van der Waals surface area contributed by atoms with Crippen LogP contribution in [-0.2, 0) is 21.2 Å². The van der Waals surface area contributed by atoms with Gasteiger partial charge in [-0.2, -0.15) is 13.2 Å². The lowest BCUT2D eigenvalue weighted by molar-refractivity contribution is -0.119. The van der Waals surface area contributed by atoms with Gasteiger partial charge in [0, 0.05) is 18.9 Å². The summed E-state index contributed by atoms with van der Waals surface area (Å²) in [5.41, 5.74) is 0.125. The molecule has 2 N–H and O–H groups in total. The van der Waals surface area contributed by atoms with Gasteiger partial charge < -0.3 is 10.6 Å². The largest absolute Gasteiger partial charge is 0.501 e. The topological polar surface area (TPSA) is 131 Å². The zero-order valence-corrected chi connectivity index (χ0v) is 16.6. The van der Waals surface area contributed by atoms with Crippen molar-refractivity contribution in [1.82, 2.24) is 9.88 Å². The molecule has 164 valence electrons. The zero-order valence-electron chi connectivity index (χ0n) is 15.8. The number of sulfone groups is 1. The van der Waals surface area contributed by atoms with Crippen molar-refractivity contribution in [2.24, 2.45) is 5.73 Å². The van der Waals surface area contributed by atoms with Gasteiger partial charge in [0.25, 0.3) is 21.7 Å². The fourth-order valence-corrected chi connectivity index (χ4v) is 3.79. The van der Waals surface area contributed by atoms with Gasteiger partial charge in [-0.25, -0.2) is 18.1 Å². The first-order chi connectivity index (χ1) is 14.4. The third-order valence-electron chi connectivity index (χ3n) is 4.71. The molecule has 0 radical (unpaired) electrons. The van der Waals surface area contributed by atoms with Crippen LogP contribution < -0.4 is 10.6 Å². The fraction of sp³-hybridized carbons (Fsp3) is 0.222. The Kier molecular flexibility index (Phi) is 5.48. The number of benzene rings is 1. The Hall–Kier alpha value is -3.48. The highest BCUT2D eigenvalue weighted by molar-refractivity contribution is 7.92. The van der Waals surface area contributed by atoms with E-state index in [1.165, 1.54) is 25.4 Å². The number of aromatic nitrogens is 1. The molecule has 1 saturated heterocycles. The molecular weight excluding hydrogens is 441 g/mol. The second-order valence-corrected chi connectivity index (χ2v) is 8.54. The molecular formula is C18H15F3N4O5S. The fourth-order valence-electron chi connectivity index (χ4n) is 3.03. The van der Waals surface area contributed by atoms with Crippen LogP contribution in [0.15, 0.2) is 47.6 Å². The number of rotatable bonds is 5. The van der Waals surface area contributed by atoms with Gasteiger partial charge in [0.05, 0.1) is 16.1 Å². The van der Waals surface area contributed by atoms with Crippen LogP contribution in [0.25, 0.3) is 0 Å². The van der Waals surface area contributed by atoms with Crippen LogP contribution in [-0.4, -0.2) is 47.7 Å². The minimum absolute atomic E-state index is 0.0649. The molecule has 0 saturated carbocycles. The van der Waals surface area contributed by atoms with Gasteiger partial charge in [0.1, 0.15) is 6.04 Å². The first-order valence-electron chi connectivity index (χ1n) is 8.65. The number of halogens is 3. The number of carbonyl (C=O) groups excluding carboxylic acids is 3. The normalized spacial score (nSPS) is 17.4. The number of primary amides is 1. The molecule has 2 heterocycles. The summed E-state index contributed by atoms with van der Waals surface area (Å²) in [7, 11) is -5.57. The minimum Gasteiger partial charge on any atom is -0.366 e. The maximum atomic E-state index is 12.9. The third kappa shape index (κ3) is 3.83. The van der Waals surface area contributed by atoms with E-state index in [-0.39, 0.29) is 17.8 Å². The number of carbonyl (C=O) groups is 3. The van der Waals surface area contributed by atoms with Gasteiger partial charge >= 0.3 is 11.5 Å². The Morgan fingerprint density at radius 1 is 1.16 bits per heavy atom. The lowest BCUT2D eigenvalue weighted by Crippen LogP contribution is -2.34. The Morgan fingerprint density at radius 3 is 2.32 bits per heavy atom. The highest BCUT2D eigenvalue weighted by Crippen LogP contribution is 2.32. The summed E-state index contributed by atoms with van der Waals surface area (Å²) in [5, 5.41) is 0. The molecule has 0 aliphatic carbocycles. The predicted molar refractivity (Wildman–Crippen MR) is 100 cm³/mol. The van der Waals surface area contributed by atoms with E-state index in [0.29, 0.717) is 17.7 Å². The van der Waals surface area contributed by atoms with Crippen molar-refractivity contribution >= 4 is 33.4 Å². The predicted octanol–water partition coefficient (Wildman–Crippen LogP) is 1.83. The summed E-state index contributed by atoms with van der Waals surface area (Å²) in [6.45, 7) is 1.29. The van der Waals surface area contributed by atoms with Gasteiger partial charge in [0.2, 0.25) is 0 Å². The number of hydrogen-bond donors (Lipinski definition) is 1. The standard InChI is InChI=1S/C18H15F3N4O5S/c1-10-16(27)25(12-2-4-13(5-3-12)31(29,30)18(19,20)21)17(28)24(10)9-11-6-7-23-8-14(11)15(22)26/h2-8,10H,9H2,1H3,(H2,22,26). The molecule has 0 bridgehead atoms. The van der Waals surface area contributed by atoms with Crippen molar-refractivity contribution in [2.45, 2.75) is 29.9 Å². The van der Waals surface area contributed by atoms with Crippen molar-refractivity contribution in [1.29, 1.82) is 0 Å². The summed E-state index contributed by atoms with van der Waals surface area (Å²) >= 11 is 0. The van der Waals surface area contributed by atoms with E-state index in [1.807, 2.05) is 0 Å². The number of hydrogen-bond acceptors (Lipinski definition) is 6. The SMILES string of the molecule is CC1C(=O)N(c2ccc(S(=O)(=O)C(F)(F)F)cc2)C(=O)N1Cc1ccncc1C(N)=O. The number of alkyl halides is 3. The van der Waals surface area contributed by atoms with Gasteiger partial charge in [-0.3, -0.25) is 14.6 Å². The molecule has 1 aliphatic rings. The molecule has 2 aromatic rings. The Bertz CT molecular complexity index is 1170. The van der Waals surface area contributed by atoms with Crippen molar-refractivity contribution in [2.75, 3.05) is 4.90 Å². The van der Waals surface area contributed by atoms with Crippen LogP contribution in [0.3, 0.4) is 0 Å². The number of nitrogens with zero attached hydrogens (tertiary/aromatic N) is 3. The highest BCUT2D eigenvalue weighted by Gasteiger charge is 2.47. The number of urea groups is 1. The summed E-state index contributed by atoms with van der Waals surface area (Å²) in [6, 6.07) is 2.92. The number of imide groups is 1. The lowest BCUT2D eigenvalue weighted by atomic mass is 10.1. The van der Waals surface area contributed by atoms with Gasteiger partial charge in [-0.1, -0.05) is 0 Å². The maximum absolute atomic E-state index is 12.9. The molecule has 31 heavy (non-hydrogen) atoms. The van der Waals surface area contributed by atoms with E-state index in [1.54, 1.807) is 0 Å². The molecule has 1 aromatic carbocycles. The molecule has 0 spiro atoms. The molecule has 1 aliphatic heterocycles. The summed E-state index contributed by atoms with van der Waals surface area (Å²) in [5.74, 6) is -1.45. The molecule has 1 fully saturated rings. The van der Waals surface area contributed by atoms with E-state index in [2.05, 4.69) is 4.98 Å². The quantitative estimate of drug-likeness (QED) is 0.683. The zero-order chi connectivity index (χ0) is 23.1. The number of amides is 4. The van der Waals surface area contributed by atoms with Gasteiger partial charge in [-0.15, -0.1) is 0 Å². The molecule has 3 rings (SSSR count). The average molecular weight is 456 g/mol. The van der Waals surface area contributed by atoms with E-state index < -0.39 is 44.1 Å². The minimum atomic E-state index is -5.57. The van der Waals surface area contributed by atoms with Crippen molar-refractivity contribution in [3.8, 4) is 0 Å². The number of anilines is 1. The number of pyridine rings is 1. The smallest absolute Gasteiger partial charge is 0.366 e. The highest BCUT2D eigenvalue weighted by atomic mass is 32.2. The van der Waals surface area contributed by atoms with E-state index in [9.17, 15) is 36.0 Å². The first-order valence-corrected chi connectivity index (χ1v) is 10.1. The van der Waals surface area contributed by atoms with E-state index in [0.717, 1.165) is 21.9 Å². The van der Waals surface area contributed by atoms with Crippen LogP contribution in [0.2, 0.25) is 0 Å². The van der Waals surface area contributed by atoms with Crippen LogP contribution in [0.5, 0.6) is 0 Å². The van der Waals surface area contributed by atoms with Crippen molar-refractivity contribution < 1.29 is 36.0 Å². The van der Waals surface area contributed by atoms with Crippen LogP contribution in [0.4, 0.5) is 23.7 Å². The molecule has 4 amide bonds. The molecule has 1 unspecified atom stereocenters. The molecule has 9 nitrogen and oxygen atoms in total. The monoisotopic (exact) mass is 456 g/mol. The van der Waals surface area contributed by atoms with E-state index in [4.69, 9.17) is 5.73 Å². The second kappa shape index (κ2) is 7.65. The Morgan fingerprint density at radius 2 is 1.77 bits per heavy atom. The molecule has 1 aromatic heterocycles. The van der Waals surface area contributed by atoms with Crippen LogP contribution in [0.1, 0.15) is 22.8 Å². The maximum Gasteiger partial charge on any atom is 0.501 e. The van der Waals surface area contributed by atoms with Crippen LogP contribution >= 0.6 is 0 Å². The van der Waals surface area contributed by atoms with Crippen LogP contribution in [0, 0.1) is 0 Å². The van der Waals surface area contributed by atoms with Gasteiger partial charge in [-0.05, 0) is 42.8 Å². The second-order valence-electron chi connectivity index (χ2n) is 6.60. The average Bonchev–Trinajstić information content (AvgIpc) is 2.91. The molecule has 1 atom stereocenters. The van der Waals surface area contributed by atoms with E-state index >= 15 is 0 Å². The Balaban J connectivity index is 1.90. The van der Waals surface area contributed by atoms with Gasteiger partial charge in [0.15, 0.2) is 0 Å². The molecule has 13 heteroatoms. The summed E-state index contributed by atoms with van der Waals surface area (Å²) < 4.78 is 61.1. The third-order valence-corrected chi connectivity index (χ3v) is 6.21. The Labute approximate surface area is 174 Å².